The van der Waals surface area contributed by atoms with Gasteiger partial charge in [0.1, 0.15) is 0 Å². The monoisotopic (exact) mass is 252 g/mol. The molecule has 5 nitrogen and oxygen atoms in total. The highest BCUT2D eigenvalue weighted by Crippen LogP contribution is 2.61. The molecule has 0 saturated heterocycles. The van der Waals surface area contributed by atoms with Crippen molar-refractivity contribution in [2.75, 3.05) is 6.61 Å². The summed E-state index contributed by atoms with van der Waals surface area (Å²) in [5.41, 5.74) is -0.868. The summed E-state index contributed by atoms with van der Waals surface area (Å²) in [5.74, 6) is -0.821. The molecule has 0 saturated carbocycles. The van der Waals surface area contributed by atoms with Crippen molar-refractivity contribution in [3.8, 4) is 0 Å². The fraction of sp³-hybridized carbons (Fsp3) is 0.900. The van der Waals surface area contributed by atoms with E-state index >= 15 is 0 Å². The van der Waals surface area contributed by atoms with Gasteiger partial charge in [0.15, 0.2) is 5.16 Å². The Balaban J connectivity index is 5.68. The van der Waals surface area contributed by atoms with Crippen molar-refractivity contribution in [3.05, 3.63) is 0 Å². The molecule has 0 aromatic heterocycles. The largest absolute Gasteiger partial charge is 0.465 e. The van der Waals surface area contributed by atoms with Gasteiger partial charge in [0, 0.05) is 0 Å². The molecule has 16 heavy (non-hydrogen) atoms. The second-order valence-electron chi connectivity index (χ2n) is 4.73. The molecule has 0 heterocycles. The van der Waals surface area contributed by atoms with Crippen LogP contribution in [0.5, 0.6) is 0 Å². The van der Waals surface area contributed by atoms with Gasteiger partial charge in [-0.1, -0.05) is 27.7 Å². The van der Waals surface area contributed by atoms with Crippen LogP contribution in [0.4, 0.5) is 0 Å². The number of hydrogen-bond acceptors (Lipinski definition) is 3. The molecule has 2 N–H and O–H groups in total. The number of hydrogen-bond donors (Lipinski definition) is 2. The summed E-state index contributed by atoms with van der Waals surface area (Å²) in [4.78, 5) is 30.8. The molecule has 0 aliphatic rings. The number of rotatable bonds is 4. The van der Waals surface area contributed by atoms with Crippen LogP contribution in [0, 0.1) is 5.41 Å². The van der Waals surface area contributed by atoms with E-state index in [2.05, 4.69) is 0 Å². The minimum atomic E-state index is -4.59. The molecule has 0 aromatic carbocycles. The van der Waals surface area contributed by atoms with Crippen LogP contribution in [0.3, 0.4) is 0 Å². The third kappa shape index (κ3) is 2.47. The lowest BCUT2D eigenvalue weighted by Gasteiger charge is -2.41. The van der Waals surface area contributed by atoms with Crippen molar-refractivity contribution in [2.24, 2.45) is 5.41 Å². The zero-order chi connectivity index (χ0) is 13.2. The second kappa shape index (κ2) is 4.86. The highest BCUT2D eigenvalue weighted by atomic mass is 31.2. The Hall–Kier alpha value is -0.380. The average molecular weight is 252 g/mol. The maximum Gasteiger partial charge on any atom is 0.343 e. The lowest BCUT2D eigenvalue weighted by Crippen LogP contribution is -2.50. The third-order valence-electron chi connectivity index (χ3n) is 2.86. The normalized spacial score (nSPS) is 16.7. The first-order valence-electron chi connectivity index (χ1n) is 5.27. The van der Waals surface area contributed by atoms with Crippen molar-refractivity contribution in [3.63, 3.8) is 0 Å². The SMILES string of the molecule is CCOC(=O)C(CC)(C(C)(C)C)P(=O)(O)O. The quantitative estimate of drug-likeness (QED) is 0.590. The lowest BCUT2D eigenvalue weighted by atomic mass is 9.78. The first-order valence-corrected chi connectivity index (χ1v) is 6.88. The van der Waals surface area contributed by atoms with Gasteiger partial charge in [0.05, 0.1) is 6.61 Å². The van der Waals surface area contributed by atoms with Crippen LogP contribution >= 0.6 is 7.60 Å². The van der Waals surface area contributed by atoms with Gasteiger partial charge in [-0.15, -0.1) is 0 Å². The summed E-state index contributed by atoms with van der Waals surface area (Å²) in [6.07, 6.45) is 0.0413. The van der Waals surface area contributed by atoms with Crippen LogP contribution in [0.1, 0.15) is 41.0 Å². The molecule has 0 aliphatic carbocycles. The van der Waals surface area contributed by atoms with Crippen LogP contribution in [0.15, 0.2) is 0 Å². The smallest absolute Gasteiger partial charge is 0.343 e. The fourth-order valence-electron chi connectivity index (χ4n) is 1.99. The maximum atomic E-state index is 11.9. The van der Waals surface area contributed by atoms with Crippen molar-refractivity contribution >= 4 is 13.6 Å². The first-order chi connectivity index (χ1) is 7.04. The third-order valence-corrected chi connectivity index (χ3v) is 5.03. The highest BCUT2D eigenvalue weighted by molar-refractivity contribution is 7.54. The molecule has 0 radical (unpaired) electrons. The van der Waals surface area contributed by atoms with Gasteiger partial charge in [0.2, 0.25) is 0 Å². The molecule has 1 atom stereocenters. The lowest BCUT2D eigenvalue weighted by molar-refractivity contribution is -0.150. The molecule has 0 bridgehead atoms. The number of carbonyl (C=O) groups is 1. The molecule has 6 heteroatoms. The van der Waals surface area contributed by atoms with E-state index in [0.29, 0.717) is 0 Å². The van der Waals surface area contributed by atoms with Gasteiger partial charge in [-0.25, -0.2) is 0 Å². The summed E-state index contributed by atoms with van der Waals surface area (Å²) >= 11 is 0. The molecule has 0 aromatic rings. The Morgan fingerprint density at radius 3 is 1.88 bits per heavy atom. The van der Waals surface area contributed by atoms with Crippen LogP contribution in [0.25, 0.3) is 0 Å². The molecule has 1 unspecified atom stereocenters. The topological polar surface area (TPSA) is 83.8 Å². The first kappa shape index (κ1) is 15.6. The zero-order valence-corrected chi connectivity index (χ0v) is 11.4. The molecular formula is C10H21O5P. The van der Waals surface area contributed by atoms with Crippen molar-refractivity contribution in [1.29, 1.82) is 0 Å². The summed E-state index contributed by atoms with van der Waals surface area (Å²) in [5, 5.41) is -1.77. The number of ether oxygens (including phenoxy) is 1. The number of carbonyl (C=O) groups excluding carboxylic acids is 1. The summed E-state index contributed by atoms with van der Waals surface area (Å²) in [7, 11) is -4.59. The van der Waals surface area contributed by atoms with Crippen LogP contribution < -0.4 is 0 Å². The molecule has 0 aliphatic heterocycles. The van der Waals surface area contributed by atoms with Gasteiger partial charge < -0.3 is 14.5 Å². The Morgan fingerprint density at radius 1 is 1.25 bits per heavy atom. The second-order valence-corrected chi connectivity index (χ2v) is 6.58. The van der Waals surface area contributed by atoms with E-state index < -0.39 is 24.1 Å². The van der Waals surface area contributed by atoms with Gasteiger partial charge in [-0.2, -0.15) is 0 Å². The standard InChI is InChI=1S/C10H21O5P/c1-6-10(9(3,4)5,16(12,13)14)8(11)15-7-2/h6-7H2,1-5H3,(H2,12,13,14). The minimum absolute atomic E-state index is 0.0413. The van der Waals surface area contributed by atoms with Crippen LogP contribution in [-0.2, 0) is 14.1 Å². The van der Waals surface area contributed by atoms with E-state index in [1.807, 2.05) is 0 Å². The molecule has 0 fully saturated rings. The van der Waals surface area contributed by atoms with Gasteiger partial charge in [0.25, 0.3) is 0 Å². The zero-order valence-electron chi connectivity index (χ0n) is 10.5. The fourth-order valence-corrected chi connectivity index (χ4v) is 3.58. The van der Waals surface area contributed by atoms with E-state index in [9.17, 15) is 19.1 Å². The highest BCUT2D eigenvalue weighted by Gasteiger charge is 2.60. The summed E-state index contributed by atoms with van der Waals surface area (Å²) < 4.78 is 16.5. The minimum Gasteiger partial charge on any atom is -0.465 e. The van der Waals surface area contributed by atoms with E-state index in [1.54, 1.807) is 34.6 Å². The predicted molar refractivity (Wildman–Crippen MR) is 61.2 cm³/mol. The van der Waals surface area contributed by atoms with E-state index in [1.165, 1.54) is 0 Å². The Morgan fingerprint density at radius 2 is 1.69 bits per heavy atom. The van der Waals surface area contributed by atoms with Gasteiger partial charge >= 0.3 is 13.6 Å². The van der Waals surface area contributed by atoms with Crippen LogP contribution in [-0.4, -0.2) is 27.5 Å². The molecule has 0 spiro atoms. The molecular weight excluding hydrogens is 231 g/mol. The molecule has 0 amide bonds. The Labute approximate surface area is 96.4 Å². The Bertz CT molecular complexity index is 301. The van der Waals surface area contributed by atoms with Crippen molar-refractivity contribution < 1.29 is 23.9 Å². The van der Waals surface area contributed by atoms with E-state index in [-0.39, 0.29) is 13.0 Å². The maximum absolute atomic E-state index is 11.9. The predicted octanol–water partition coefficient (Wildman–Crippen LogP) is 1.92. The van der Waals surface area contributed by atoms with Crippen LogP contribution in [0.2, 0.25) is 0 Å². The number of esters is 1. The van der Waals surface area contributed by atoms with Gasteiger partial charge in [-0.05, 0) is 18.8 Å². The summed E-state index contributed by atoms with van der Waals surface area (Å²) in [6.45, 7) is 8.20. The molecule has 0 rings (SSSR count). The van der Waals surface area contributed by atoms with E-state index in [4.69, 9.17) is 4.74 Å². The molecule has 96 valence electrons. The summed E-state index contributed by atoms with van der Waals surface area (Å²) in [6, 6.07) is 0. The Kier molecular flexibility index (Phi) is 4.75. The van der Waals surface area contributed by atoms with Gasteiger partial charge in [-0.3, -0.25) is 9.36 Å². The van der Waals surface area contributed by atoms with E-state index in [0.717, 1.165) is 0 Å². The average Bonchev–Trinajstić information content (AvgIpc) is 2.00. The van der Waals surface area contributed by atoms with Crippen molar-refractivity contribution in [2.45, 2.75) is 46.2 Å². The van der Waals surface area contributed by atoms with Crippen molar-refractivity contribution in [1.82, 2.24) is 0 Å².